The number of hydrogen-bond donors (Lipinski definition) is 2. The van der Waals surface area contributed by atoms with Crippen molar-refractivity contribution in [2.75, 3.05) is 40.4 Å². The van der Waals surface area contributed by atoms with Crippen molar-refractivity contribution in [2.45, 2.75) is 110 Å². The van der Waals surface area contributed by atoms with Crippen LogP contribution in [0.15, 0.2) is 16.1 Å². The van der Waals surface area contributed by atoms with Crippen LogP contribution >= 0.6 is 8.53 Å². The van der Waals surface area contributed by atoms with E-state index in [4.69, 9.17) is 25.1 Å². The molecule has 0 aromatic carbocycles. The average Bonchev–Trinajstić information content (AvgIpc) is 3.61. The molecule has 2 aromatic rings. The number of alkyl halides is 3. The summed E-state index contributed by atoms with van der Waals surface area (Å²) in [4.78, 5) is 44.9. The molecule has 0 bridgehead atoms. The van der Waals surface area contributed by atoms with E-state index in [1.54, 1.807) is 23.6 Å². The van der Waals surface area contributed by atoms with Gasteiger partial charge in [-0.05, 0) is 47.0 Å². The minimum atomic E-state index is -4.91. The van der Waals surface area contributed by atoms with E-state index >= 15 is 0 Å². The second kappa shape index (κ2) is 19.4. The molecule has 1 aliphatic heterocycles. The number of hydrogen-bond acceptors (Lipinski definition) is 10. The molecular weight excluding hydrogens is 682 g/mol. The van der Waals surface area contributed by atoms with Gasteiger partial charge in [-0.2, -0.15) is 18.2 Å². The molecule has 1 fully saturated rings. The molecule has 0 saturated carbocycles. The average molecular weight is 732 g/mol. The minimum absolute atomic E-state index is 0.0576. The van der Waals surface area contributed by atoms with Crippen LogP contribution in [0.4, 0.5) is 19.1 Å². The molecule has 0 radical (unpaired) electrons. The van der Waals surface area contributed by atoms with E-state index in [1.807, 2.05) is 39.9 Å². The summed E-state index contributed by atoms with van der Waals surface area (Å²) in [5, 5.41) is 1.89. The first-order valence-electron chi connectivity index (χ1n) is 16.7. The van der Waals surface area contributed by atoms with Crippen LogP contribution < -0.4 is 10.9 Å². The number of aromatic amines is 1. The molecule has 19 heteroatoms. The zero-order valence-corrected chi connectivity index (χ0v) is 30.5. The Kier molecular flexibility index (Phi) is 16.0. The standard InChI is InChI=1S/C31H49F3N9O6P/c1-9-22-24(49-50(47-17-15-35-6)43(20(2)3)21(4)5)25(46-16-13-11-10-12-14-36-29(45)31(32,33)34)28(48-22)42-19-37-23-26(42)39-30(40-27(23)44)38-18-41(7)8/h18-22,24-25,28H,9-17H2,1-5,7-8H3,(H,36,45)(H,39,40,44)/t22-,24+,25?,28-,50?/m1/s1. The fraction of sp³-hybridized carbons (Fsp3) is 0.742. The Morgan fingerprint density at radius 1 is 1.20 bits per heavy atom. The van der Waals surface area contributed by atoms with E-state index in [0.29, 0.717) is 32.1 Å². The normalized spacial score (nSPS) is 20.4. The second-order valence-corrected chi connectivity index (χ2v) is 13.9. The molecule has 0 aliphatic carbocycles. The molecule has 2 aromatic heterocycles. The number of H-pyrrole nitrogens is 1. The number of carbonyl (C=O) groups is 1. The van der Waals surface area contributed by atoms with Crippen molar-refractivity contribution in [3.8, 4) is 0 Å². The summed E-state index contributed by atoms with van der Waals surface area (Å²) in [5.41, 5.74) is -0.124. The predicted octanol–water partition coefficient (Wildman–Crippen LogP) is 4.94. The van der Waals surface area contributed by atoms with E-state index in [-0.39, 0.29) is 55.5 Å². The fourth-order valence-corrected chi connectivity index (χ4v) is 7.15. The van der Waals surface area contributed by atoms with Crippen LogP contribution in [0.2, 0.25) is 0 Å². The fourth-order valence-electron chi connectivity index (χ4n) is 5.39. The number of unbranched alkanes of at least 4 members (excludes halogenated alkanes) is 3. The SMILES string of the molecule is [C-]#[N+]CCOP(O[C@@H]1C(OCCCCCCNC(=O)C(F)(F)F)[C@H](n2cnc3c(=O)[nH]c(N=CN(C)C)nc32)O[C@@H]1CC)N(C(C)C)C(C)C. The number of rotatable bonds is 20. The highest BCUT2D eigenvalue weighted by atomic mass is 31.2. The molecule has 2 unspecified atom stereocenters. The van der Waals surface area contributed by atoms with Gasteiger partial charge in [0.05, 0.1) is 18.8 Å². The van der Waals surface area contributed by atoms with Gasteiger partial charge >= 0.3 is 12.1 Å². The number of aliphatic imine (C=N–C) groups is 1. The van der Waals surface area contributed by atoms with Gasteiger partial charge in [0, 0.05) is 39.3 Å². The third-order valence-corrected chi connectivity index (χ3v) is 9.71. The largest absolute Gasteiger partial charge is 0.471 e. The molecule has 0 spiro atoms. The van der Waals surface area contributed by atoms with Gasteiger partial charge in [-0.15, -0.1) is 0 Å². The van der Waals surface area contributed by atoms with Crippen molar-refractivity contribution in [2.24, 2.45) is 4.99 Å². The third-order valence-electron chi connectivity index (χ3n) is 7.58. The van der Waals surface area contributed by atoms with Crippen molar-refractivity contribution in [1.82, 2.24) is 34.4 Å². The van der Waals surface area contributed by atoms with Crippen LogP contribution in [0.25, 0.3) is 16.0 Å². The van der Waals surface area contributed by atoms with Crippen LogP contribution in [0.5, 0.6) is 0 Å². The van der Waals surface area contributed by atoms with Crippen LogP contribution in [-0.2, 0) is 23.3 Å². The molecule has 15 nitrogen and oxygen atoms in total. The monoisotopic (exact) mass is 731 g/mol. The Labute approximate surface area is 291 Å². The lowest BCUT2D eigenvalue weighted by Crippen LogP contribution is -2.40. The number of carbonyl (C=O) groups excluding carboxylic acids is 1. The Hall–Kier alpha value is -3.20. The molecule has 3 rings (SSSR count). The Bertz CT molecular complexity index is 1490. The highest BCUT2D eigenvalue weighted by Crippen LogP contribution is 2.51. The van der Waals surface area contributed by atoms with Crippen LogP contribution in [0.1, 0.15) is 73.0 Å². The first-order valence-corrected chi connectivity index (χ1v) is 17.8. The van der Waals surface area contributed by atoms with Gasteiger partial charge < -0.3 is 33.6 Å². The number of aromatic nitrogens is 4. The Morgan fingerprint density at radius 3 is 2.52 bits per heavy atom. The molecule has 1 saturated heterocycles. The maximum Gasteiger partial charge on any atom is 0.471 e. The predicted molar refractivity (Wildman–Crippen MR) is 183 cm³/mol. The molecular formula is C31H49F3N9O6P. The van der Waals surface area contributed by atoms with Crippen molar-refractivity contribution in [3.63, 3.8) is 0 Å². The summed E-state index contributed by atoms with van der Waals surface area (Å²) in [6.45, 7) is 17.9. The number of nitrogens with zero attached hydrogens (tertiary/aromatic N) is 7. The lowest BCUT2D eigenvalue weighted by atomic mass is 10.1. The van der Waals surface area contributed by atoms with E-state index in [0.717, 1.165) is 0 Å². The number of ether oxygens (including phenoxy) is 2. The van der Waals surface area contributed by atoms with Crippen molar-refractivity contribution in [1.29, 1.82) is 0 Å². The summed E-state index contributed by atoms with van der Waals surface area (Å²) in [7, 11) is 1.91. The van der Waals surface area contributed by atoms with Gasteiger partial charge in [-0.25, -0.2) is 21.2 Å². The van der Waals surface area contributed by atoms with E-state index in [9.17, 15) is 22.8 Å². The zero-order valence-electron chi connectivity index (χ0n) is 29.6. The molecule has 50 heavy (non-hydrogen) atoms. The molecule has 280 valence electrons. The topological polar surface area (TPSA) is 153 Å². The number of halogens is 3. The number of nitrogens with one attached hydrogen (secondary N) is 2. The summed E-state index contributed by atoms with van der Waals surface area (Å²) in [6.07, 6.45) is -1.80. The van der Waals surface area contributed by atoms with Gasteiger partial charge in [-0.1, -0.05) is 19.8 Å². The lowest BCUT2D eigenvalue weighted by molar-refractivity contribution is -0.173. The van der Waals surface area contributed by atoms with Crippen LogP contribution in [0, 0.1) is 6.57 Å². The smallest absolute Gasteiger partial charge is 0.371 e. The van der Waals surface area contributed by atoms with Crippen molar-refractivity contribution in [3.05, 3.63) is 28.1 Å². The molecule has 1 amide bonds. The highest BCUT2D eigenvalue weighted by molar-refractivity contribution is 7.44. The van der Waals surface area contributed by atoms with Gasteiger partial charge in [0.25, 0.3) is 14.1 Å². The molecule has 3 heterocycles. The third kappa shape index (κ3) is 11.4. The maximum atomic E-state index is 12.9. The highest BCUT2D eigenvalue weighted by Gasteiger charge is 2.49. The van der Waals surface area contributed by atoms with Crippen LogP contribution in [-0.4, -0.2) is 118 Å². The maximum absolute atomic E-state index is 12.9. The number of amides is 1. The molecule has 2 N–H and O–H groups in total. The van der Waals surface area contributed by atoms with E-state index in [1.165, 1.54) is 12.7 Å². The second-order valence-electron chi connectivity index (χ2n) is 12.5. The summed E-state index contributed by atoms with van der Waals surface area (Å²) in [5.74, 6) is -1.86. The molecule has 1 aliphatic rings. The lowest BCUT2D eigenvalue weighted by Gasteiger charge is -2.38. The number of fused-ring (bicyclic) bond motifs is 1. The quantitative estimate of drug-likeness (QED) is 0.0630. The molecule has 5 atom stereocenters. The Balaban J connectivity index is 1.90. The first kappa shape index (κ1) is 41.2. The summed E-state index contributed by atoms with van der Waals surface area (Å²) >= 11 is 0. The van der Waals surface area contributed by atoms with Gasteiger partial charge in [0.1, 0.15) is 18.8 Å². The van der Waals surface area contributed by atoms with E-state index in [2.05, 4.69) is 29.5 Å². The summed E-state index contributed by atoms with van der Waals surface area (Å²) in [6, 6.07) is 0.115. The zero-order chi connectivity index (χ0) is 37.0. The number of imidazole rings is 1. The first-order chi connectivity index (χ1) is 23.7. The van der Waals surface area contributed by atoms with E-state index < -0.39 is 50.7 Å². The van der Waals surface area contributed by atoms with Crippen molar-refractivity contribution < 1.29 is 36.5 Å². The summed E-state index contributed by atoms with van der Waals surface area (Å²) < 4.78 is 67.2. The minimum Gasteiger partial charge on any atom is -0.371 e. The van der Waals surface area contributed by atoms with Gasteiger partial charge in [0.2, 0.25) is 12.5 Å². The van der Waals surface area contributed by atoms with Crippen LogP contribution in [0.3, 0.4) is 0 Å². The van der Waals surface area contributed by atoms with Gasteiger partial charge in [0.15, 0.2) is 17.4 Å². The van der Waals surface area contributed by atoms with Crippen molar-refractivity contribution >= 4 is 37.9 Å². The van der Waals surface area contributed by atoms with Gasteiger partial charge in [-0.3, -0.25) is 19.1 Å². The Morgan fingerprint density at radius 2 is 1.90 bits per heavy atom.